The zero-order valence-corrected chi connectivity index (χ0v) is 16.1. The minimum absolute atomic E-state index is 0.00730. The largest absolute Gasteiger partial charge is 0.367 e. The molecule has 2 saturated heterocycles. The number of hydrogen-bond donors (Lipinski definition) is 1. The van der Waals surface area contributed by atoms with Gasteiger partial charge in [-0.1, -0.05) is 23.4 Å². The highest BCUT2D eigenvalue weighted by molar-refractivity contribution is 5.92. The summed E-state index contributed by atoms with van der Waals surface area (Å²) in [6, 6.07) is 8.91. The molecule has 1 atom stereocenters. The van der Waals surface area contributed by atoms with Crippen molar-refractivity contribution in [3.63, 3.8) is 0 Å². The average Bonchev–Trinajstić information content (AvgIpc) is 3.19. The number of piperazine rings is 1. The minimum Gasteiger partial charge on any atom is -0.367 e. The van der Waals surface area contributed by atoms with Gasteiger partial charge in [-0.15, -0.1) is 5.10 Å². The number of carbonyl (C=O) groups excluding carboxylic acids is 1. The van der Waals surface area contributed by atoms with Gasteiger partial charge in [0.15, 0.2) is 5.69 Å². The molecule has 0 radical (unpaired) electrons. The second kappa shape index (κ2) is 7.68. The summed E-state index contributed by atoms with van der Waals surface area (Å²) in [6.07, 6.45) is 3.89. The van der Waals surface area contributed by atoms with Crippen molar-refractivity contribution in [3.8, 4) is 0 Å². The Hall–Kier alpha value is -2.41. The van der Waals surface area contributed by atoms with Gasteiger partial charge in [0, 0.05) is 31.4 Å². The van der Waals surface area contributed by atoms with Crippen molar-refractivity contribution in [2.45, 2.75) is 38.8 Å². The first kappa shape index (κ1) is 18.0. The van der Waals surface area contributed by atoms with E-state index in [0.717, 1.165) is 39.0 Å². The van der Waals surface area contributed by atoms with Gasteiger partial charge < -0.3 is 15.1 Å². The number of rotatable bonds is 3. The molecule has 2 aliphatic rings. The highest BCUT2D eigenvalue weighted by atomic mass is 16.2. The lowest BCUT2D eigenvalue weighted by atomic mass is 10.1. The van der Waals surface area contributed by atoms with Gasteiger partial charge in [-0.3, -0.25) is 4.79 Å². The molecule has 4 rings (SSSR count). The SMILES string of the molecule is Cc1ccccc1N1CCN(C(=O)c2cn(C3CCNCC3)nn2)C(C)C1. The van der Waals surface area contributed by atoms with E-state index < -0.39 is 0 Å². The Bertz CT molecular complexity index is 797. The second-order valence-electron chi connectivity index (χ2n) is 7.65. The Labute approximate surface area is 160 Å². The minimum atomic E-state index is -0.00730. The van der Waals surface area contributed by atoms with Crippen LogP contribution in [0.1, 0.15) is 41.9 Å². The van der Waals surface area contributed by atoms with Crippen LogP contribution in [-0.4, -0.2) is 64.6 Å². The molecule has 7 nitrogen and oxygen atoms in total. The van der Waals surface area contributed by atoms with E-state index in [1.807, 2.05) is 15.8 Å². The van der Waals surface area contributed by atoms with Crippen molar-refractivity contribution in [3.05, 3.63) is 41.7 Å². The summed E-state index contributed by atoms with van der Waals surface area (Å²) in [5.41, 5.74) is 2.99. The molecule has 2 aliphatic heterocycles. The topological polar surface area (TPSA) is 66.3 Å². The van der Waals surface area contributed by atoms with Crippen LogP contribution in [0.4, 0.5) is 5.69 Å². The van der Waals surface area contributed by atoms with Gasteiger partial charge in [-0.2, -0.15) is 0 Å². The maximum Gasteiger partial charge on any atom is 0.276 e. The summed E-state index contributed by atoms with van der Waals surface area (Å²) in [5.74, 6) is -0.00730. The first-order chi connectivity index (χ1) is 13.1. The summed E-state index contributed by atoms with van der Waals surface area (Å²) in [6.45, 7) is 8.60. The van der Waals surface area contributed by atoms with Crippen molar-refractivity contribution in [1.82, 2.24) is 25.2 Å². The number of carbonyl (C=O) groups is 1. The molecule has 2 fully saturated rings. The van der Waals surface area contributed by atoms with Crippen molar-refractivity contribution in [1.29, 1.82) is 0 Å². The number of amides is 1. The predicted octanol–water partition coefficient (Wildman–Crippen LogP) is 1.86. The molecule has 144 valence electrons. The van der Waals surface area contributed by atoms with Crippen molar-refractivity contribution < 1.29 is 4.79 Å². The smallest absolute Gasteiger partial charge is 0.276 e. The number of para-hydroxylation sites is 1. The highest BCUT2D eigenvalue weighted by Crippen LogP contribution is 2.24. The molecular formula is C20H28N6O. The van der Waals surface area contributed by atoms with Crippen molar-refractivity contribution in [2.75, 3.05) is 37.6 Å². The van der Waals surface area contributed by atoms with E-state index >= 15 is 0 Å². The normalized spacial score (nSPS) is 21.5. The number of nitrogens with one attached hydrogen (secondary N) is 1. The number of aromatic nitrogens is 3. The number of anilines is 1. The first-order valence-electron chi connectivity index (χ1n) is 9.87. The van der Waals surface area contributed by atoms with E-state index in [1.54, 1.807) is 0 Å². The fourth-order valence-electron chi connectivity index (χ4n) is 4.17. The monoisotopic (exact) mass is 368 g/mol. The van der Waals surface area contributed by atoms with Gasteiger partial charge in [0.1, 0.15) is 0 Å². The number of piperidine rings is 1. The lowest BCUT2D eigenvalue weighted by Crippen LogP contribution is -2.54. The first-order valence-corrected chi connectivity index (χ1v) is 9.87. The molecule has 0 spiro atoms. The van der Waals surface area contributed by atoms with E-state index in [-0.39, 0.29) is 11.9 Å². The molecule has 7 heteroatoms. The number of nitrogens with zero attached hydrogens (tertiary/aromatic N) is 5. The summed E-state index contributed by atoms with van der Waals surface area (Å²) < 4.78 is 1.88. The Morgan fingerprint density at radius 3 is 2.70 bits per heavy atom. The highest BCUT2D eigenvalue weighted by Gasteiger charge is 2.30. The van der Waals surface area contributed by atoms with Crippen LogP contribution in [0.3, 0.4) is 0 Å². The van der Waals surface area contributed by atoms with Crippen LogP contribution in [0.5, 0.6) is 0 Å². The molecule has 27 heavy (non-hydrogen) atoms. The Morgan fingerprint density at radius 2 is 1.96 bits per heavy atom. The molecule has 2 aromatic rings. The van der Waals surface area contributed by atoms with Gasteiger partial charge in [-0.25, -0.2) is 4.68 Å². The van der Waals surface area contributed by atoms with Crippen molar-refractivity contribution in [2.24, 2.45) is 0 Å². The lowest BCUT2D eigenvalue weighted by Gasteiger charge is -2.41. The third kappa shape index (κ3) is 3.69. The van der Waals surface area contributed by atoms with Crippen LogP contribution in [-0.2, 0) is 0 Å². The van der Waals surface area contributed by atoms with E-state index in [9.17, 15) is 4.79 Å². The van der Waals surface area contributed by atoms with Gasteiger partial charge in [-0.05, 0) is 51.4 Å². The Balaban J connectivity index is 1.43. The van der Waals surface area contributed by atoms with Crippen LogP contribution in [0.2, 0.25) is 0 Å². The Morgan fingerprint density at radius 1 is 1.19 bits per heavy atom. The maximum atomic E-state index is 13.0. The lowest BCUT2D eigenvalue weighted by molar-refractivity contribution is 0.0668. The molecule has 0 bridgehead atoms. The summed E-state index contributed by atoms with van der Waals surface area (Å²) in [7, 11) is 0. The van der Waals surface area contributed by atoms with E-state index in [0.29, 0.717) is 18.3 Å². The Kier molecular flexibility index (Phi) is 5.11. The number of benzene rings is 1. The molecule has 1 unspecified atom stereocenters. The molecule has 0 aliphatic carbocycles. The van der Waals surface area contributed by atoms with Crippen LogP contribution < -0.4 is 10.2 Å². The van der Waals surface area contributed by atoms with Crippen LogP contribution in [0.25, 0.3) is 0 Å². The van der Waals surface area contributed by atoms with E-state index in [2.05, 4.69) is 58.6 Å². The van der Waals surface area contributed by atoms with E-state index in [4.69, 9.17) is 0 Å². The maximum absolute atomic E-state index is 13.0. The van der Waals surface area contributed by atoms with Gasteiger partial charge in [0.25, 0.3) is 5.91 Å². The number of hydrogen-bond acceptors (Lipinski definition) is 5. The average molecular weight is 368 g/mol. The van der Waals surface area contributed by atoms with Gasteiger partial charge >= 0.3 is 0 Å². The molecule has 0 saturated carbocycles. The quantitative estimate of drug-likeness (QED) is 0.896. The third-order valence-electron chi connectivity index (χ3n) is 5.76. The van der Waals surface area contributed by atoms with Gasteiger partial charge in [0.05, 0.1) is 12.2 Å². The zero-order chi connectivity index (χ0) is 18.8. The molecule has 1 aromatic carbocycles. The molecular weight excluding hydrogens is 340 g/mol. The van der Waals surface area contributed by atoms with Crippen LogP contribution in [0, 0.1) is 6.92 Å². The molecule has 1 aromatic heterocycles. The molecule has 3 heterocycles. The summed E-state index contributed by atoms with van der Waals surface area (Å²) in [4.78, 5) is 17.3. The zero-order valence-electron chi connectivity index (χ0n) is 16.1. The molecule has 1 N–H and O–H groups in total. The fourth-order valence-corrected chi connectivity index (χ4v) is 4.17. The standard InChI is InChI=1S/C20H28N6O/c1-15-5-3-4-6-19(15)24-11-12-25(16(2)13-24)20(27)18-14-26(23-22-18)17-7-9-21-10-8-17/h3-6,14,16-17,21H,7-13H2,1-2H3. The number of aryl methyl sites for hydroxylation is 1. The second-order valence-corrected chi connectivity index (χ2v) is 7.65. The third-order valence-corrected chi connectivity index (χ3v) is 5.76. The summed E-state index contributed by atoms with van der Waals surface area (Å²) >= 11 is 0. The van der Waals surface area contributed by atoms with E-state index in [1.165, 1.54) is 11.3 Å². The predicted molar refractivity (Wildman–Crippen MR) is 105 cm³/mol. The van der Waals surface area contributed by atoms with Crippen molar-refractivity contribution >= 4 is 11.6 Å². The van der Waals surface area contributed by atoms with Gasteiger partial charge in [0.2, 0.25) is 0 Å². The summed E-state index contributed by atoms with van der Waals surface area (Å²) in [5, 5.41) is 11.8. The fraction of sp³-hybridized carbons (Fsp3) is 0.550. The van der Waals surface area contributed by atoms with Crippen LogP contribution in [0.15, 0.2) is 30.5 Å². The molecule has 1 amide bonds. The van der Waals surface area contributed by atoms with Crippen LogP contribution >= 0.6 is 0 Å².